The highest BCUT2D eigenvalue weighted by Gasteiger charge is 2.38. The third-order valence-electron chi connectivity index (χ3n) is 6.12. The van der Waals surface area contributed by atoms with E-state index in [0.29, 0.717) is 23.7 Å². The largest absolute Gasteiger partial charge is 0.361 e. The highest BCUT2D eigenvalue weighted by molar-refractivity contribution is 8.27. The van der Waals surface area contributed by atoms with Crippen molar-refractivity contribution in [2.75, 3.05) is 20.1 Å². The number of likely N-dealkylation sites (tertiary alicyclic amines) is 1. The molecule has 2 aliphatic heterocycles. The van der Waals surface area contributed by atoms with Crippen LogP contribution >= 0.6 is 11.8 Å². The summed E-state index contributed by atoms with van der Waals surface area (Å²) in [5.41, 5.74) is 2.23. The molecule has 0 spiro atoms. The molecule has 2 saturated heterocycles. The van der Waals surface area contributed by atoms with Crippen LogP contribution in [-0.4, -0.2) is 69.2 Å². The fraction of sp³-hybridized carbons (Fsp3) is 0.476. The van der Waals surface area contributed by atoms with Gasteiger partial charge in [0, 0.05) is 51.2 Å². The highest BCUT2D eigenvalue weighted by Crippen LogP contribution is 2.29. The van der Waals surface area contributed by atoms with Gasteiger partial charge in [-0.3, -0.25) is 20.5 Å². The van der Waals surface area contributed by atoms with Crippen LogP contribution in [0.2, 0.25) is 0 Å². The van der Waals surface area contributed by atoms with Gasteiger partial charge in [0.25, 0.3) is 5.91 Å². The predicted molar refractivity (Wildman–Crippen MR) is 123 cm³/mol. The Hall–Kier alpha value is -2.32. The highest BCUT2D eigenvalue weighted by atomic mass is 32.2. The zero-order chi connectivity index (χ0) is 20.5. The molecule has 0 radical (unpaired) electrons. The lowest BCUT2D eigenvalue weighted by molar-refractivity contribution is -0.115. The number of fused-ring (bicyclic) bond motifs is 3. The minimum absolute atomic E-state index is 0. The third-order valence-corrected chi connectivity index (χ3v) is 6.96. The Kier molecular flexibility index (Phi) is 5.65. The first-order valence-electron chi connectivity index (χ1n) is 10.1. The number of rotatable bonds is 3. The van der Waals surface area contributed by atoms with E-state index in [2.05, 4.69) is 28.3 Å². The van der Waals surface area contributed by atoms with Crippen LogP contribution in [0.1, 0.15) is 28.2 Å². The second-order valence-corrected chi connectivity index (χ2v) is 9.13. The van der Waals surface area contributed by atoms with Gasteiger partial charge >= 0.3 is 0 Å². The smallest absolute Gasteiger partial charge is 0.276 e. The first kappa shape index (κ1) is 20.0. The van der Waals surface area contributed by atoms with Gasteiger partial charge in [-0.05, 0) is 56.6 Å². The molecule has 4 rings (SSSR count). The van der Waals surface area contributed by atoms with E-state index in [1.807, 2.05) is 36.2 Å². The average Bonchev–Trinajstić information content (AvgIpc) is 3.16. The first-order valence-corrected chi connectivity index (χ1v) is 10.9. The summed E-state index contributed by atoms with van der Waals surface area (Å²) in [6.45, 7) is 3.57. The van der Waals surface area contributed by atoms with Crippen molar-refractivity contribution in [3.05, 3.63) is 36.0 Å². The van der Waals surface area contributed by atoms with E-state index in [9.17, 15) is 4.79 Å². The van der Waals surface area contributed by atoms with Crippen molar-refractivity contribution in [2.24, 2.45) is 0 Å². The molecule has 8 heteroatoms. The van der Waals surface area contributed by atoms with Gasteiger partial charge in [0.1, 0.15) is 0 Å². The summed E-state index contributed by atoms with van der Waals surface area (Å²) in [7, 11) is 2.15. The molecular weight excluding hydrogens is 384 g/mol. The zero-order valence-electron chi connectivity index (χ0n) is 16.9. The number of hydrogen-bond donors (Lipinski definition) is 4. The number of hydrogen-bond acceptors (Lipinski definition) is 5. The number of carbonyl (C=O) groups excluding carboxylic acids is 1. The standard InChI is InChI=1S/C21H28N6OS.2H2/c1-13(9-14-10-24-18-6-4-3-5-17(14)18)25-20(28)19(22)29-21(23)27-11-15-7-8-16(12-27)26(15)2;;/h3-6,10,13,15-16,22-24H,7-9,11-12H2,1-2H3,(H,25,28);2*1H. The monoisotopic (exact) mass is 416 g/mol. The van der Waals surface area contributed by atoms with Crippen LogP contribution in [0.15, 0.2) is 30.5 Å². The quantitative estimate of drug-likeness (QED) is 0.456. The lowest BCUT2D eigenvalue weighted by atomic mass is 10.1. The molecular formula is C21H32N6OS. The number of amidine groups is 1. The Labute approximate surface area is 178 Å². The van der Waals surface area contributed by atoms with Crippen LogP contribution in [0, 0.1) is 10.8 Å². The molecule has 7 nitrogen and oxygen atoms in total. The molecule has 0 aliphatic carbocycles. The maximum atomic E-state index is 12.5. The lowest BCUT2D eigenvalue weighted by Gasteiger charge is -2.39. The predicted octanol–water partition coefficient (Wildman–Crippen LogP) is 3.13. The van der Waals surface area contributed by atoms with Crippen LogP contribution in [0.4, 0.5) is 0 Å². The molecule has 2 aliphatic rings. The Morgan fingerprint density at radius 2 is 2.00 bits per heavy atom. The van der Waals surface area contributed by atoms with Crippen LogP contribution < -0.4 is 5.32 Å². The number of para-hydroxylation sites is 1. The number of benzene rings is 1. The molecule has 4 N–H and O–H groups in total. The van der Waals surface area contributed by atoms with Crippen LogP contribution in [-0.2, 0) is 11.2 Å². The summed E-state index contributed by atoms with van der Waals surface area (Å²) >= 11 is 0.956. The van der Waals surface area contributed by atoms with Crippen molar-refractivity contribution >= 4 is 38.8 Å². The fourth-order valence-electron chi connectivity index (χ4n) is 4.46. The molecule has 2 aromatic rings. The summed E-state index contributed by atoms with van der Waals surface area (Å²) in [5.74, 6) is -0.413. The van der Waals surface area contributed by atoms with Gasteiger partial charge in [-0.15, -0.1) is 0 Å². The van der Waals surface area contributed by atoms with Crippen LogP contribution in [0.25, 0.3) is 10.9 Å². The number of aromatic nitrogens is 1. The maximum absolute atomic E-state index is 12.5. The molecule has 2 bridgehead atoms. The molecule has 1 amide bonds. The second-order valence-electron chi connectivity index (χ2n) is 8.13. The molecule has 2 fully saturated rings. The van der Waals surface area contributed by atoms with Crippen molar-refractivity contribution in [3.63, 3.8) is 0 Å². The topological polar surface area (TPSA) is 99.1 Å². The van der Waals surface area contributed by atoms with Crippen LogP contribution in [0.3, 0.4) is 0 Å². The first-order chi connectivity index (χ1) is 13.9. The van der Waals surface area contributed by atoms with Crippen LogP contribution in [0.5, 0.6) is 0 Å². The minimum Gasteiger partial charge on any atom is -0.361 e. The van der Waals surface area contributed by atoms with Crippen molar-refractivity contribution in [2.45, 2.75) is 44.3 Å². The maximum Gasteiger partial charge on any atom is 0.276 e. The average molecular weight is 417 g/mol. The Balaban J connectivity index is 0.00000171. The summed E-state index contributed by atoms with van der Waals surface area (Å²) in [6, 6.07) is 8.96. The fourth-order valence-corrected chi connectivity index (χ4v) is 5.08. The van der Waals surface area contributed by atoms with E-state index in [1.165, 1.54) is 12.8 Å². The number of nitrogens with zero attached hydrogens (tertiary/aromatic N) is 2. The number of carbonyl (C=O) groups is 1. The lowest BCUT2D eigenvalue weighted by Crippen LogP contribution is -2.53. The van der Waals surface area contributed by atoms with E-state index >= 15 is 0 Å². The second kappa shape index (κ2) is 8.20. The van der Waals surface area contributed by atoms with Crippen molar-refractivity contribution in [3.8, 4) is 0 Å². The Bertz CT molecular complexity index is 937. The normalized spacial score (nSPS) is 22.6. The van der Waals surface area contributed by atoms with E-state index in [4.69, 9.17) is 10.8 Å². The minimum atomic E-state index is -0.413. The number of H-pyrrole nitrogens is 1. The summed E-state index contributed by atoms with van der Waals surface area (Å²) in [6.07, 6.45) is 5.00. The van der Waals surface area contributed by atoms with E-state index in [1.54, 1.807) is 0 Å². The number of aromatic amines is 1. The molecule has 3 heterocycles. The van der Waals surface area contributed by atoms with Gasteiger partial charge in [0.2, 0.25) is 0 Å². The third kappa shape index (κ3) is 4.18. The van der Waals surface area contributed by atoms with Gasteiger partial charge in [-0.1, -0.05) is 18.2 Å². The summed E-state index contributed by atoms with van der Waals surface area (Å²) < 4.78 is 0. The van der Waals surface area contributed by atoms with E-state index in [-0.39, 0.29) is 13.9 Å². The molecule has 29 heavy (non-hydrogen) atoms. The molecule has 1 aromatic heterocycles. The number of likely N-dealkylation sites (N-methyl/N-ethyl adjacent to an activating group) is 1. The molecule has 1 aromatic carbocycles. The van der Waals surface area contributed by atoms with Crippen molar-refractivity contribution < 1.29 is 7.65 Å². The number of amides is 1. The van der Waals surface area contributed by atoms with Gasteiger partial charge in [-0.25, -0.2) is 0 Å². The van der Waals surface area contributed by atoms with Gasteiger partial charge < -0.3 is 15.2 Å². The zero-order valence-corrected chi connectivity index (χ0v) is 17.7. The summed E-state index contributed by atoms with van der Waals surface area (Å²) in [4.78, 5) is 20.1. The van der Waals surface area contributed by atoms with Crippen molar-refractivity contribution in [1.29, 1.82) is 10.8 Å². The number of piperazine rings is 1. The summed E-state index contributed by atoms with van der Waals surface area (Å²) in [5, 5.41) is 20.7. The SMILES string of the molecule is CC(Cc1c[nH]c2ccccc12)NC(=O)C(=N)SC(=N)N1CC2CCC(C1)N2C.[HH].[HH]. The molecule has 0 saturated carbocycles. The Morgan fingerprint density at radius 3 is 2.72 bits per heavy atom. The van der Waals surface area contributed by atoms with E-state index < -0.39 is 5.91 Å². The molecule has 158 valence electrons. The molecule has 3 unspecified atom stereocenters. The molecule has 3 atom stereocenters. The van der Waals surface area contributed by atoms with Gasteiger partial charge in [0.05, 0.1) is 0 Å². The van der Waals surface area contributed by atoms with Gasteiger partial charge in [-0.2, -0.15) is 0 Å². The van der Waals surface area contributed by atoms with Crippen molar-refractivity contribution in [1.82, 2.24) is 20.1 Å². The number of nitrogens with one attached hydrogen (secondary N) is 4. The number of thioether (sulfide) groups is 1. The Morgan fingerprint density at radius 1 is 1.31 bits per heavy atom. The van der Waals surface area contributed by atoms with E-state index in [0.717, 1.165) is 41.3 Å². The van der Waals surface area contributed by atoms with Gasteiger partial charge in [0.15, 0.2) is 10.2 Å².